The number of aromatic nitrogens is 2. The molecular weight excluding hydrogens is 423 g/mol. The maximum atomic E-state index is 8.45. The summed E-state index contributed by atoms with van der Waals surface area (Å²) >= 11 is 5.23. The third-order valence-electron chi connectivity index (χ3n) is 3.86. The van der Waals surface area contributed by atoms with Crippen molar-refractivity contribution in [2.24, 2.45) is 4.36 Å². The van der Waals surface area contributed by atoms with Crippen molar-refractivity contribution in [3.63, 3.8) is 0 Å². The minimum absolute atomic E-state index is 0. The first-order chi connectivity index (χ1) is 12.9. The van der Waals surface area contributed by atoms with Gasteiger partial charge in [0.2, 0.25) is 6.19 Å². The van der Waals surface area contributed by atoms with E-state index in [1.54, 1.807) is 0 Å². The molecule has 0 fully saturated rings. The van der Waals surface area contributed by atoms with Gasteiger partial charge in [-0.05, 0) is 63.5 Å². The molecule has 0 amide bonds. The maximum Gasteiger partial charge on any atom is 1.00 e. The van der Waals surface area contributed by atoms with Crippen LogP contribution in [0.1, 0.15) is 46.9 Å². The molecule has 5 nitrogen and oxygen atoms in total. The Balaban J connectivity index is 0. The molecule has 2 rings (SSSR count). The van der Waals surface area contributed by atoms with E-state index < -0.39 is 0 Å². The van der Waals surface area contributed by atoms with Crippen LogP contribution in [0.3, 0.4) is 0 Å². The van der Waals surface area contributed by atoms with Crippen LogP contribution in [0.15, 0.2) is 41.0 Å². The van der Waals surface area contributed by atoms with Crippen molar-refractivity contribution in [2.45, 2.75) is 38.2 Å². The number of hydrogen-bond acceptors (Lipinski definition) is 6. The van der Waals surface area contributed by atoms with E-state index in [4.69, 9.17) is 9.92 Å². The summed E-state index contributed by atoms with van der Waals surface area (Å²) in [7, 11) is -0.248. The van der Waals surface area contributed by atoms with Gasteiger partial charge in [0.1, 0.15) is 0 Å². The fourth-order valence-corrected chi connectivity index (χ4v) is 3.15. The molecule has 148 valence electrons. The van der Waals surface area contributed by atoms with Gasteiger partial charge in [0, 0.05) is 34.3 Å². The van der Waals surface area contributed by atoms with Crippen LogP contribution in [0.4, 0.5) is 0 Å². The van der Waals surface area contributed by atoms with Crippen molar-refractivity contribution in [3.8, 4) is 6.19 Å². The zero-order valence-electron chi connectivity index (χ0n) is 17.5. The normalized spacial score (nSPS) is 12.7. The van der Waals surface area contributed by atoms with Crippen molar-refractivity contribution in [1.29, 1.82) is 5.26 Å². The Labute approximate surface area is 202 Å². The van der Waals surface area contributed by atoms with Crippen molar-refractivity contribution < 1.29 is 34.2 Å². The first kappa shape index (κ1) is 29.7. The van der Waals surface area contributed by atoms with Gasteiger partial charge in [0.15, 0.2) is 0 Å². The molecule has 0 saturated heterocycles. The first-order valence-electron chi connectivity index (χ1n) is 8.17. The number of hydrogen-bond donors (Lipinski definition) is 0. The third kappa shape index (κ3) is 11.5. The van der Waals surface area contributed by atoms with E-state index in [0.29, 0.717) is 5.25 Å². The zero-order valence-corrected chi connectivity index (χ0v) is 21.9. The largest absolute Gasteiger partial charge is 1.00 e. The van der Waals surface area contributed by atoms with Gasteiger partial charge in [-0.1, -0.05) is 22.8 Å². The van der Waals surface area contributed by atoms with Crippen LogP contribution < -0.4 is 34.2 Å². The second-order valence-electron chi connectivity index (χ2n) is 5.70. The van der Waals surface area contributed by atoms with Crippen LogP contribution in [0.5, 0.6) is 0 Å². The average Bonchev–Trinajstić information content (AvgIpc) is 2.70. The Bertz CT molecular complexity index is 737. The molecule has 0 aliphatic carbocycles. The van der Waals surface area contributed by atoms with Crippen LogP contribution >= 0.6 is 23.6 Å². The number of aryl methyl sites for hydroxylation is 2. The molecule has 0 radical (unpaired) electrons. The Morgan fingerprint density at radius 1 is 1.07 bits per heavy atom. The number of nitriles is 1. The van der Waals surface area contributed by atoms with Crippen LogP contribution in [-0.2, 0) is 10.7 Å². The van der Waals surface area contributed by atoms with E-state index in [9.17, 15) is 0 Å². The van der Waals surface area contributed by atoms with Gasteiger partial charge in [-0.25, -0.2) is 11.9 Å². The topological polar surface area (TPSA) is 85.0 Å². The molecule has 0 bridgehead atoms. The van der Waals surface area contributed by atoms with Crippen LogP contribution in [0, 0.1) is 25.3 Å². The number of halogens is 1. The SMILES string of the molecule is CSC(C)c1ccc(C)nc1.Cc1ccc(C(C)S(C)=NC#N)cn1.[Na+].[O-]Cl. The maximum absolute atomic E-state index is 8.45. The molecule has 2 heterocycles. The molecule has 3 unspecified atom stereocenters. The van der Waals surface area contributed by atoms with Gasteiger partial charge in [-0.2, -0.15) is 21.4 Å². The number of thioether (sulfide) groups is 1. The standard InChI is InChI=1S/C10H13N3S.C9H13NS.ClO.Na/c1-8-4-5-10(6-12-8)9(2)14(3)13-7-11;1-7-4-5-9(6-10-7)8(2)11-3;1-2;/h4-6,9H,1-3H3;4-6,8H,1-3H3;;/q;;-1;+1. The molecule has 0 aromatic carbocycles. The van der Waals surface area contributed by atoms with Gasteiger partial charge >= 0.3 is 29.6 Å². The average molecular weight is 449 g/mol. The van der Waals surface area contributed by atoms with Gasteiger partial charge in [-0.15, -0.1) is 0 Å². The van der Waals surface area contributed by atoms with E-state index in [1.165, 1.54) is 5.56 Å². The van der Waals surface area contributed by atoms with Crippen molar-refractivity contribution in [3.05, 3.63) is 59.2 Å². The Hall–Kier alpha value is -0.460. The van der Waals surface area contributed by atoms with E-state index in [1.807, 2.05) is 62.6 Å². The zero-order chi connectivity index (χ0) is 20.8. The molecule has 3 atom stereocenters. The van der Waals surface area contributed by atoms with E-state index in [0.717, 1.165) is 17.0 Å². The summed E-state index contributed by atoms with van der Waals surface area (Å²) in [5, 5.41) is 9.28. The number of rotatable bonds is 4. The van der Waals surface area contributed by atoms with E-state index in [-0.39, 0.29) is 45.5 Å². The molecule has 9 heteroatoms. The van der Waals surface area contributed by atoms with Crippen LogP contribution in [0.25, 0.3) is 0 Å². The molecule has 28 heavy (non-hydrogen) atoms. The van der Waals surface area contributed by atoms with Gasteiger partial charge in [0.25, 0.3) is 0 Å². The molecule has 2 aromatic rings. The second kappa shape index (κ2) is 17.4. The molecule has 0 spiro atoms. The molecule has 0 N–H and O–H groups in total. The van der Waals surface area contributed by atoms with Crippen molar-refractivity contribution in [1.82, 2.24) is 9.97 Å². The summed E-state index contributed by atoms with van der Waals surface area (Å²) in [6.45, 7) is 8.22. The van der Waals surface area contributed by atoms with Crippen molar-refractivity contribution in [2.75, 3.05) is 12.5 Å². The van der Waals surface area contributed by atoms with E-state index >= 15 is 0 Å². The number of nitrogens with zero attached hydrogens (tertiary/aromatic N) is 4. The Morgan fingerprint density at radius 2 is 1.54 bits per heavy atom. The predicted molar refractivity (Wildman–Crippen MR) is 115 cm³/mol. The molecule has 0 saturated carbocycles. The summed E-state index contributed by atoms with van der Waals surface area (Å²) in [4.78, 5) is 8.46. The second-order valence-corrected chi connectivity index (χ2v) is 8.82. The van der Waals surface area contributed by atoms with Crippen LogP contribution in [0.2, 0.25) is 0 Å². The summed E-state index contributed by atoms with van der Waals surface area (Å²) in [6, 6.07) is 8.23. The minimum atomic E-state index is -0.248. The fourth-order valence-electron chi connectivity index (χ4n) is 1.92. The summed E-state index contributed by atoms with van der Waals surface area (Å²) in [5.74, 6) is 0. The number of pyridine rings is 2. The monoisotopic (exact) mass is 448 g/mol. The van der Waals surface area contributed by atoms with Gasteiger partial charge in [0.05, 0.1) is 0 Å². The Morgan fingerprint density at radius 3 is 1.89 bits per heavy atom. The smallest absolute Gasteiger partial charge is 0.769 e. The van der Waals surface area contributed by atoms with Gasteiger partial charge < -0.3 is 4.66 Å². The summed E-state index contributed by atoms with van der Waals surface area (Å²) in [5.41, 5.74) is 4.54. The van der Waals surface area contributed by atoms with Crippen LogP contribution in [-0.4, -0.2) is 22.5 Å². The van der Waals surface area contributed by atoms with Crippen molar-refractivity contribution >= 4 is 34.3 Å². The molecule has 2 aromatic heterocycles. The molecular formula is C19H26ClN4NaOS2. The Kier molecular flexibility index (Phi) is 18.5. The summed E-state index contributed by atoms with van der Waals surface area (Å²) < 4.78 is 11.6. The molecule has 0 aliphatic rings. The minimum Gasteiger partial charge on any atom is -0.769 e. The van der Waals surface area contributed by atoms with E-state index in [2.05, 4.69) is 58.4 Å². The fraction of sp³-hybridized carbons (Fsp3) is 0.421. The predicted octanol–water partition coefficient (Wildman–Crippen LogP) is 1.68. The van der Waals surface area contributed by atoms with Gasteiger partial charge in [-0.3, -0.25) is 9.97 Å². The first-order valence-corrected chi connectivity index (χ1v) is 11.4. The third-order valence-corrected chi connectivity index (χ3v) is 6.50. The molecule has 0 aliphatic heterocycles. The quantitative estimate of drug-likeness (QED) is 0.524. The summed E-state index contributed by atoms with van der Waals surface area (Å²) in [6.07, 6.45) is 9.74.